The van der Waals surface area contributed by atoms with Crippen molar-refractivity contribution in [1.82, 2.24) is 10.2 Å². The average Bonchev–Trinajstić information content (AvgIpc) is 3.06. The summed E-state index contributed by atoms with van der Waals surface area (Å²) < 4.78 is 5.21. The quantitative estimate of drug-likeness (QED) is 0.824. The minimum absolute atomic E-state index is 0.0707. The van der Waals surface area contributed by atoms with Crippen LogP contribution in [0.3, 0.4) is 0 Å². The third kappa shape index (κ3) is 2.10. The van der Waals surface area contributed by atoms with E-state index in [0.29, 0.717) is 17.6 Å². The van der Waals surface area contributed by atoms with Gasteiger partial charge >= 0.3 is 0 Å². The second kappa shape index (κ2) is 4.53. The maximum Gasteiger partial charge on any atom is 0.247 e. The molecule has 0 saturated carbocycles. The van der Waals surface area contributed by atoms with Crippen molar-refractivity contribution in [3.8, 4) is 0 Å². The van der Waals surface area contributed by atoms with Crippen LogP contribution in [0.1, 0.15) is 19.6 Å². The summed E-state index contributed by atoms with van der Waals surface area (Å²) in [6, 6.07) is 3.66. The number of hydrogen-bond donors (Lipinski definition) is 1. The summed E-state index contributed by atoms with van der Waals surface area (Å²) >= 11 is 0. The Kier molecular flexibility index (Phi) is 2.97. The van der Waals surface area contributed by atoms with Gasteiger partial charge in [-0.1, -0.05) is 0 Å². The number of furan rings is 1. The Morgan fingerprint density at radius 3 is 3.05 bits per heavy atom. The first-order valence-corrected chi connectivity index (χ1v) is 6.83. The number of nitrogens with zero attached hydrogens (tertiary/aromatic N) is 1. The van der Waals surface area contributed by atoms with E-state index in [1.807, 2.05) is 17.0 Å². The van der Waals surface area contributed by atoms with Crippen molar-refractivity contribution >= 4 is 12.0 Å². The standard InChI is InChI=1S/C15H20N2O2/c1-15(2)13-9-16-8-11(13)10-17(15)14(18)6-5-12-4-3-7-19-12/h3-7,11,13,16H,8-10H2,1-2H3. The van der Waals surface area contributed by atoms with Gasteiger partial charge in [0.05, 0.1) is 6.26 Å². The molecule has 0 aromatic carbocycles. The number of carbonyl (C=O) groups is 1. The number of nitrogens with one attached hydrogen (secondary N) is 1. The summed E-state index contributed by atoms with van der Waals surface area (Å²) in [6.45, 7) is 7.24. The van der Waals surface area contributed by atoms with Gasteiger partial charge in [0.15, 0.2) is 0 Å². The largest absolute Gasteiger partial charge is 0.465 e. The molecule has 0 radical (unpaired) electrons. The minimum atomic E-state index is -0.0707. The van der Waals surface area contributed by atoms with Gasteiger partial charge in [-0.05, 0) is 43.9 Å². The molecule has 1 N–H and O–H groups in total. The minimum Gasteiger partial charge on any atom is -0.465 e. The summed E-state index contributed by atoms with van der Waals surface area (Å²) in [5.41, 5.74) is -0.0707. The van der Waals surface area contributed by atoms with Crippen LogP contribution in [0.4, 0.5) is 0 Å². The Morgan fingerprint density at radius 1 is 1.53 bits per heavy atom. The third-order valence-electron chi connectivity index (χ3n) is 4.56. The topological polar surface area (TPSA) is 45.5 Å². The Labute approximate surface area is 113 Å². The Morgan fingerprint density at radius 2 is 2.37 bits per heavy atom. The normalized spacial score (nSPS) is 29.1. The lowest BCUT2D eigenvalue weighted by atomic mass is 9.85. The van der Waals surface area contributed by atoms with Crippen molar-refractivity contribution in [2.75, 3.05) is 19.6 Å². The van der Waals surface area contributed by atoms with Gasteiger partial charge in [0.1, 0.15) is 5.76 Å². The molecule has 4 heteroatoms. The highest BCUT2D eigenvalue weighted by Gasteiger charge is 2.50. The summed E-state index contributed by atoms with van der Waals surface area (Å²) in [4.78, 5) is 14.4. The van der Waals surface area contributed by atoms with Gasteiger partial charge < -0.3 is 14.6 Å². The van der Waals surface area contributed by atoms with Crippen LogP contribution >= 0.6 is 0 Å². The zero-order chi connectivity index (χ0) is 13.5. The lowest BCUT2D eigenvalue weighted by Gasteiger charge is -2.35. The molecule has 2 aliphatic rings. The van der Waals surface area contributed by atoms with E-state index in [1.54, 1.807) is 18.4 Å². The third-order valence-corrected chi connectivity index (χ3v) is 4.56. The first-order valence-electron chi connectivity index (χ1n) is 6.83. The summed E-state index contributed by atoms with van der Waals surface area (Å²) in [5, 5.41) is 3.42. The van der Waals surface area contributed by atoms with Crippen molar-refractivity contribution < 1.29 is 9.21 Å². The van der Waals surface area contributed by atoms with E-state index in [-0.39, 0.29) is 11.4 Å². The number of rotatable bonds is 2. The molecular weight excluding hydrogens is 240 g/mol. The SMILES string of the molecule is CC1(C)C2CNCC2CN1C(=O)C=Cc1ccco1. The van der Waals surface area contributed by atoms with Crippen molar-refractivity contribution in [2.24, 2.45) is 11.8 Å². The van der Waals surface area contributed by atoms with Crippen molar-refractivity contribution in [3.63, 3.8) is 0 Å². The number of likely N-dealkylation sites (tertiary alicyclic amines) is 1. The molecule has 2 aliphatic heterocycles. The monoisotopic (exact) mass is 260 g/mol. The first-order chi connectivity index (χ1) is 9.09. The Bertz CT molecular complexity index is 490. The molecule has 3 rings (SSSR count). The van der Waals surface area contributed by atoms with Crippen LogP contribution in [0.5, 0.6) is 0 Å². The molecule has 19 heavy (non-hydrogen) atoms. The molecule has 2 unspecified atom stereocenters. The van der Waals surface area contributed by atoms with Gasteiger partial charge in [-0.25, -0.2) is 0 Å². The van der Waals surface area contributed by atoms with E-state index in [9.17, 15) is 4.79 Å². The predicted molar refractivity (Wildman–Crippen MR) is 73.4 cm³/mol. The molecule has 4 nitrogen and oxygen atoms in total. The summed E-state index contributed by atoms with van der Waals surface area (Å²) in [7, 11) is 0. The van der Waals surface area contributed by atoms with E-state index >= 15 is 0 Å². The molecule has 102 valence electrons. The zero-order valence-corrected chi connectivity index (χ0v) is 11.4. The maximum absolute atomic E-state index is 12.4. The second-order valence-corrected chi connectivity index (χ2v) is 5.98. The highest BCUT2D eigenvalue weighted by Crippen LogP contribution is 2.40. The number of carbonyl (C=O) groups excluding carboxylic acids is 1. The lowest BCUT2D eigenvalue weighted by Crippen LogP contribution is -2.47. The maximum atomic E-state index is 12.4. The van der Waals surface area contributed by atoms with Crippen LogP contribution in [-0.2, 0) is 4.79 Å². The van der Waals surface area contributed by atoms with Gasteiger partial charge in [0.25, 0.3) is 0 Å². The summed E-state index contributed by atoms with van der Waals surface area (Å²) in [5.74, 6) is 1.95. The van der Waals surface area contributed by atoms with Crippen LogP contribution in [0.2, 0.25) is 0 Å². The molecule has 3 heterocycles. The van der Waals surface area contributed by atoms with E-state index in [4.69, 9.17) is 4.42 Å². The zero-order valence-electron chi connectivity index (χ0n) is 11.4. The number of fused-ring (bicyclic) bond motifs is 1. The highest BCUT2D eigenvalue weighted by molar-refractivity contribution is 5.92. The number of amides is 1. The molecule has 1 aromatic rings. The lowest BCUT2D eigenvalue weighted by molar-refractivity contribution is -0.129. The molecule has 2 saturated heterocycles. The summed E-state index contributed by atoms with van der Waals surface area (Å²) in [6.07, 6.45) is 4.97. The van der Waals surface area contributed by atoms with Gasteiger partial charge in [0, 0.05) is 31.2 Å². The van der Waals surface area contributed by atoms with E-state index in [1.165, 1.54) is 0 Å². The molecular formula is C15H20N2O2. The fraction of sp³-hybridized carbons (Fsp3) is 0.533. The predicted octanol–water partition coefficient (Wildman–Crippen LogP) is 1.75. The van der Waals surface area contributed by atoms with Gasteiger partial charge in [0.2, 0.25) is 5.91 Å². The van der Waals surface area contributed by atoms with E-state index in [0.717, 1.165) is 19.6 Å². The van der Waals surface area contributed by atoms with E-state index < -0.39 is 0 Å². The highest BCUT2D eigenvalue weighted by atomic mass is 16.3. The molecule has 0 spiro atoms. The van der Waals surface area contributed by atoms with Crippen LogP contribution in [0.15, 0.2) is 28.9 Å². The van der Waals surface area contributed by atoms with Gasteiger partial charge in [-0.15, -0.1) is 0 Å². The van der Waals surface area contributed by atoms with Crippen LogP contribution in [0.25, 0.3) is 6.08 Å². The molecule has 2 atom stereocenters. The first kappa shape index (κ1) is 12.5. The Balaban J connectivity index is 1.74. The van der Waals surface area contributed by atoms with Crippen molar-refractivity contribution in [1.29, 1.82) is 0 Å². The molecule has 0 aliphatic carbocycles. The fourth-order valence-electron chi connectivity index (χ4n) is 3.42. The van der Waals surface area contributed by atoms with Crippen LogP contribution in [0, 0.1) is 11.8 Å². The van der Waals surface area contributed by atoms with Crippen LogP contribution < -0.4 is 5.32 Å². The smallest absolute Gasteiger partial charge is 0.247 e. The Hall–Kier alpha value is -1.55. The second-order valence-electron chi connectivity index (χ2n) is 5.98. The number of hydrogen-bond acceptors (Lipinski definition) is 3. The van der Waals surface area contributed by atoms with E-state index in [2.05, 4.69) is 19.2 Å². The van der Waals surface area contributed by atoms with Gasteiger partial charge in [-0.3, -0.25) is 4.79 Å². The molecule has 1 aromatic heterocycles. The molecule has 1 amide bonds. The molecule has 2 fully saturated rings. The van der Waals surface area contributed by atoms with Crippen LogP contribution in [-0.4, -0.2) is 36.0 Å². The van der Waals surface area contributed by atoms with Gasteiger partial charge in [-0.2, -0.15) is 0 Å². The average molecular weight is 260 g/mol. The molecule has 0 bridgehead atoms. The van der Waals surface area contributed by atoms with Crippen molar-refractivity contribution in [3.05, 3.63) is 30.2 Å². The fourth-order valence-corrected chi connectivity index (χ4v) is 3.42. The van der Waals surface area contributed by atoms with Crippen molar-refractivity contribution in [2.45, 2.75) is 19.4 Å².